The summed E-state index contributed by atoms with van der Waals surface area (Å²) in [4.78, 5) is 9.08. The van der Waals surface area contributed by atoms with E-state index in [1.165, 1.54) is 0 Å². The third kappa shape index (κ3) is 8.10. The molecule has 0 aliphatic heterocycles. The van der Waals surface area contributed by atoms with Crippen LogP contribution < -0.4 is 0 Å². The van der Waals surface area contributed by atoms with Crippen LogP contribution in [0.2, 0.25) is 0 Å². The minimum absolute atomic E-state index is 0.748. The summed E-state index contributed by atoms with van der Waals surface area (Å²) < 4.78 is 1.76. The van der Waals surface area contributed by atoms with Crippen LogP contribution in [0.15, 0.2) is 30.3 Å². The molecule has 0 aliphatic rings. The molecule has 1 aromatic carbocycles. The second-order valence-corrected chi connectivity index (χ2v) is 4.93. The fourth-order valence-corrected chi connectivity index (χ4v) is 0.321. The smallest absolute Gasteiger partial charge is 0.172 e. The Kier molecular flexibility index (Phi) is 8.19. The van der Waals surface area contributed by atoms with E-state index in [2.05, 4.69) is 13.3 Å². The zero-order valence-electron chi connectivity index (χ0n) is 4.58. The molecular formula is C6H5BrOW-. The molecule has 0 aliphatic carbocycles. The third-order valence-corrected chi connectivity index (χ3v) is 1.90. The molecule has 0 heterocycles. The van der Waals surface area contributed by atoms with Gasteiger partial charge in [-0.1, -0.05) is 0 Å². The van der Waals surface area contributed by atoms with Gasteiger partial charge in [0.05, 0.1) is 0 Å². The maximum atomic E-state index is 9.08. The molecule has 0 unspecified atom stereocenters. The number of carbonyl (C=O) groups excluding carboxylic acids is 1. The fourth-order valence-electron chi connectivity index (χ4n) is 0.321. The van der Waals surface area contributed by atoms with Crippen molar-refractivity contribution < 1.29 is 20.8 Å². The van der Waals surface area contributed by atoms with E-state index in [1.807, 2.05) is 30.3 Å². The van der Waals surface area contributed by atoms with Crippen molar-refractivity contribution in [1.82, 2.24) is 0 Å². The Balaban J connectivity index is 0.000000148. The minimum Gasteiger partial charge on any atom is -0.214 e. The van der Waals surface area contributed by atoms with Gasteiger partial charge in [0.15, 0.2) is 0 Å². The van der Waals surface area contributed by atoms with Crippen LogP contribution >= 0.6 is 13.3 Å². The van der Waals surface area contributed by atoms with Crippen LogP contribution in [0.1, 0.15) is 0 Å². The summed E-state index contributed by atoms with van der Waals surface area (Å²) in [7, 11) is 0. The predicted molar refractivity (Wildman–Crippen MR) is 36.7 cm³/mol. The molecule has 0 spiro atoms. The van der Waals surface area contributed by atoms with Gasteiger partial charge in [-0.15, -0.1) is 0 Å². The summed E-state index contributed by atoms with van der Waals surface area (Å²) in [6.07, 6.45) is 0. The van der Waals surface area contributed by atoms with Gasteiger partial charge in [0.2, 0.25) is 0 Å². The molecule has 0 atom stereocenters. The van der Waals surface area contributed by atoms with E-state index in [9.17, 15) is 0 Å². The molecular weight excluding hydrogens is 352 g/mol. The summed E-state index contributed by atoms with van der Waals surface area (Å²) in [5.41, 5.74) is 0. The van der Waals surface area contributed by atoms with Gasteiger partial charge < -0.3 is 0 Å². The van der Waals surface area contributed by atoms with Gasteiger partial charge in [-0.3, -0.25) is 0 Å². The Hall–Kier alpha value is 0.0983. The van der Waals surface area contributed by atoms with Crippen LogP contribution in [0.25, 0.3) is 0 Å². The van der Waals surface area contributed by atoms with Gasteiger partial charge in [-0.25, -0.2) is 12.1 Å². The summed E-state index contributed by atoms with van der Waals surface area (Å²) >= 11 is 2.24. The molecule has 0 amide bonds. The van der Waals surface area contributed by atoms with E-state index in [0.717, 1.165) is 0 Å². The van der Waals surface area contributed by atoms with E-state index < -0.39 is 16.0 Å². The van der Waals surface area contributed by atoms with Crippen molar-refractivity contribution in [2.45, 2.75) is 0 Å². The molecule has 0 saturated heterocycles. The van der Waals surface area contributed by atoms with E-state index in [0.29, 0.717) is 0 Å². The predicted octanol–water partition coefficient (Wildman–Crippen LogP) is 1.85. The fraction of sp³-hybridized carbons (Fsp3) is 0. The molecule has 9 heavy (non-hydrogen) atoms. The molecule has 0 aromatic heterocycles. The second kappa shape index (κ2) is 8.10. The van der Waals surface area contributed by atoms with E-state index >= 15 is 0 Å². The molecule has 1 nitrogen and oxygen atoms in total. The zero-order valence-corrected chi connectivity index (χ0v) is 9.10. The molecule has 1 aromatic rings. The Morgan fingerprint density at radius 3 is 2.00 bits per heavy atom. The molecule has 3 heteroatoms. The monoisotopic (exact) mass is 356 g/mol. The Morgan fingerprint density at radius 2 is 1.89 bits per heavy atom. The van der Waals surface area contributed by atoms with Gasteiger partial charge in [-0.05, 0) is 0 Å². The van der Waals surface area contributed by atoms with Crippen molar-refractivity contribution in [2.24, 2.45) is 0 Å². The molecule has 0 N–H and O–H groups in total. The zero-order chi connectivity index (χ0) is 6.95. The van der Waals surface area contributed by atoms with Gasteiger partial charge in [0.1, 0.15) is 0 Å². The summed E-state index contributed by atoms with van der Waals surface area (Å²) in [5.74, 6) is 0. The van der Waals surface area contributed by atoms with Crippen molar-refractivity contribution >= 4 is 17.6 Å². The normalized spacial score (nSPS) is 6.33. The van der Waals surface area contributed by atoms with E-state index in [4.69, 9.17) is 4.79 Å². The Bertz CT molecular complexity index is 148. The number of hydrogen-bond acceptors (Lipinski definition) is 1. The summed E-state index contributed by atoms with van der Waals surface area (Å²) in [6, 6.07) is 10.0. The van der Waals surface area contributed by atoms with Gasteiger partial charge in [0.25, 0.3) is 0 Å². The first-order chi connectivity index (χ1) is 4.41. The number of rotatable bonds is 0. The third-order valence-electron chi connectivity index (χ3n) is 0.587. The Labute approximate surface area is 68.6 Å². The maximum absolute atomic E-state index is 9.08. The van der Waals surface area contributed by atoms with Crippen molar-refractivity contribution in [3.8, 4) is 0 Å². The van der Waals surface area contributed by atoms with Crippen LogP contribution in [-0.2, 0) is 20.8 Å². The summed E-state index contributed by atoms with van der Waals surface area (Å²) in [5, 5.41) is 0. The average Bonchev–Trinajstić information content (AvgIpc) is 2.43. The van der Waals surface area contributed by atoms with Crippen molar-refractivity contribution in [2.75, 3.05) is 0 Å². The first-order valence-corrected chi connectivity index (χ1v) is 10.1. The largest absolute Gasteiger partial charge is 0.214 e. The van der Waals surface area contributed by atoms with E-state index in [-0.39, 0.29) is 0 Å². The second-order valence-electron chi connectivity index (χ2n) is 1.12. The first kappa shape index (κ1) is 9.10. The minimum atomic E-state index is -0.748. The topological polar surface area (TPSA) is 17.1 Å². The number of halogens is 1. The summed E-state index contributed by atoms with van der Waals surface area (Å²) in [6.45, 7) is 0. The number of hydrogen-bond donors (Lipinski definition) is 0. The molecule has 0 bridgehead atoms. The van der Waals surface area contributed by atoms with Crippen LogP contribution in [0.3, 0.4) is 0 Å². The van der Waals surface area contributed by atoms with Crippen LogP contribution in [0, 0.1) is 0 Å². The molecule has 0 saturated carbocycles. The molecule has 1 rings (SSSR count). The first-order valence-electron chi connectivity index (χ1n) is 2.23. The van der Waals surface area contributed by atoms with Crippen LogP contribution in [0.4, 0.5) is 0 Å². The quantitative estimate of drug-likeness (QED) is 0.648. The van der Waals surface area contributed by atoms with Crippen LogP contribution in [0.5, 0.6) is 0 Å². The molecule has 0 radical (unpaired) electrons. The average molecular weight is 357 g/mol. The van der Waals surface area contributed by atoms with Gasteiger partial charge in [-0.2, -0.15) is 18.2 Å². The molecule has 0 fully saturated rings. The van der Waals surface area contributed by atoms with Gasteiger partial charge in [0, 0.05) is 0 Å². The van der Waals surface area contributed by atoms with Crippen molar-refractivity contribution in [1.29, 1.82) is 0 Å². The van der Waals surface area contributed by atoms with E-state index in [1.54, 1.807) is 4.27 Å². The molecule has 49 valence electrons. The van der Waals surface area contributed by atoms with Crippen LogP contribution in [-0.4, -0.2) is 4.27 Å². The maximum Gasteiger partial charge on any atom is -0.172 e. The standard InChI is InChI=1S/C5H5.CO.BrH.W/c1-2-4-5-3-1;1-2;;/h1-5H;;1H;/q-1;;;+1/p-1. The van der Waals surface area contributed by atoms with Crippen molar-refractivity contribution in [3.05, 3.63) is 30.3 Å². The van der Waals surface area contributed by atoms with Crippen molar-refractivity contribution in [3.63, 3.8) is 0 Å². The van der Waals surface area contributed by atoms with Gasteiger partial charge >= 0.3 is 38.4 Å². The Morgan fingerprint density at radius 1 is 1.44 bits per heavy atom. The SMILES string of the molecule is O=[C]=[W][Br].c1cc[cH-]c1.